The Morgan fingerprint density at radius 2 is 2.12 bits per heavy atom. The third kappa shape index (κ3) is 1.72. The summed E-state index contributed by atoms with van der Waals surface area (Å²) in [4.78, 5) is 4.32. The Labute approximate surface area is 92.8 Å². The van der Waals surface area contributed by atoms with Gasteiger partial charge in [-0.15, -0.1) is 0 Å². The monoisotopic (exact) mass is 219 g/mol. The molecule has 3 heterocycles. The largest absolute Gasteiger partial charge is 0.379 e. The molecule has 0 saturated carbocycles. The lowest BCUT2D eigenvalue weighted by Gasteiger charge is -2.27. The zero-order valence-corrected chi connectivity index (χ0v) is 8.83. The van der Waals surface area contributed by atoms with Crippen LogP contribution in [0.3, 0.4) is 0 Å². The Morgan fingerprint density at radius 1 is 1.25 bits per heavy atom. The number of morpholine rings is 1. The highest BCUT2D eigenvalue weighted by Crippen LogP contribution is 2.13. The molecule has 3 rings (SSSR count). The van der Waals surface area contributed by atoms with Crippen LogP contribution in [0.2, 0.25) is 0 Å². The SMILES string of the molecule is c1cn2nccc2c(NN2CCOCC2)n1. The number of anilines is 1. The van der Waals surface area contributed by atoms with Gasteiger partial charge in [-0.2, -0.15) is 5.10 Å². The highest BCUT2D eigenvalue weighted by Gasteiger charge is 2.12. The Morgan fingerprint density at radius 3 is 3.00 bits per heavy atom. The molecule has 0 amide bonds. The van der Waals surface area contributed by atoms with Crippen molar-refractivity contribution in [3.63, 3.8) is 0 Å². The molecule has 0 aromatic carbocycles. The standard InChI is InChI=1S/C10H13N5O/c1-2-12-15-4-3-11-10(9(1)15)13-14-5-7-16-8-6-14/h1-4H,5-8H2,(H,11,13). The molecule has 1 aliphatic heterocycles. The molecule has 84 valence electrons. The van der Waals surface area contributed by atoms with Crippen LogP contribution in [0.15, 0.2) is 24.7 Å². The second kappa shape index (κ2) is 4.07. The number of nitrogens with zero attached hydrogens (tertiary/aromatic N) is 4. The molecule has 0 aliphatic carbocycles. The fraction of sp³-hybridized carbons (Fsp3) is 0.400. The minimum Gasteiger partial charge on any atom is -0.379 e. The van der Waals surface area contributed by atoms with Crippen LogP contribution < -0.4 is 5.43 Å². The maximum absolute atomic E-state index is 5.29. The maximum atomic E-state index is 5.29. The third-order valence-electron chi connectivity index (χ3n) is 2.60. The predicted molar refractivity (Wildman–Crippen MR) is 59.0 cm³/mol. The summed E-state index contributed by atoms with van der Waals surface area (Å²) < 4.78 is 7.09. The van der Waals surface area contributed by atoms with Crippen LogP contribution in [-0.4, -0.2) is 45.9 Å². The number of hydrogen-bond donors (Lipinski definition) is 1. The molecule has 0 atom stereocenters. The Balaban J connectivity index is 1.85. The van der Waals surface area contributed by atoms with Gasteiger partial charge in [0.25, 0.3) is 0 Å². The van der Waals surface area contributed by atoms with Crippen LogP contribution in [0, 0.1) is 0 Å². The molecule has 2 aromatic rings. The number of hydrazine groups is 1. The lowest BCUT2D eigenvalue weighted by atomic mass is 10.4. The molecule has 0 radical (unpaired) electrons. The first kappa shape index (κ1) is 9.56. The number of hydrogen-bond acceptors (Lipinski definition) is 5. The first-order valence-electron chi connectivity index (χ1n) is 5.31. The average Bonchev–Trinajstić information content (AvgIpc) is 2.80. The van der Waals surface area contributed by atoms with Crippen molar-refractivity contribution in [2.45, 2.75) is 0 Å². The number of aromatic nitrogens is 3. The molecule has 6 nitrogen and oxygen atoms in total. The topological polar surface area (TPSA) is 54.7 Å². The van der Waals surface area contributed by atoms with E-state index in [9.17, 15) is 0 Å². The molecule has 1 N–H and O–H groups in total. The molecule has 0 bridgehead atoms. The van der Waals surface area contributed by atoms with E-state index in [0.29, 0.717) is 0 Å². The normalized spacial score (nSPS) is 17.8. The molecule has 1 fully saturated rings. The van der Waals surface area contributed by atoms with E-state index in [0.717, 1.165) is 37.6 Å². The van der Waals surface area contributed by atoms with Crippen molar-refractivity contribution in [1.82, 2.24) is 19.6 Å². The summed E-state index contributed by atoms with van der Waals surface area (Å²) in [6.45, 7) is 3.26. The van der Waals surface area contributed by atoms with Gasteiger partial charge in [0, 0.05) is 25.5 Å². The molecule has 6 heteroatoms. The van der Waals surface area contributed by atoms with Crippen molar-refractivity contribution < 1.29 is 4.74 Å². The van der Waals surface area contributed by atoms with Gasteiger partial charge in [0.2, 0.25) is 0 Å². The van der Waals surface area contributed by atoms with Crippen LogP contribution in [0.25, 0.3) is 5.52 Å². The highest BCUT2D eigenvalue weighted by atomic mass is 16.5. The molecular weight excluding hydrogens is 206 g/mol. The maximum Gasteiger partial charge on any atom is 0.166 e. The second-order valence-electron chi connectivity index (χ2n) is 3.65. The van der Waals surface area contributed by atoms with E-state index in [2.05, 4.69) is 20.5 Å². The first-order chi connectivity index (χ1) is 7.93. The van der Waals surface area contributed by atoms with Gasteiger partial charge >= 0.3 is 0 Å². The van der Waals surface area contributed by atoms with E-state index in [1.807, 2.05) is 12.3 Å². The van der Waals surface area contributed by atoms with E-state index < -0.39 is 0 Å². The van der Waals surface area contributed by atoms with Crippen molar-refractivity contribution in [2.24, 2.45) is 0 Å². The summed E-state index contributed by atoms with van der Waals surface area (Å²) in [6, 6.07) is 1.94. The van der Waals surface area contributed by atoms with Gasteiger partial charge in [0.15, 0.2) is 5.82 Å². The van der Waals surface area contributed by atoms with Gasteiger partial charge in [-0.3, -0.25) is 0 Å². The lowest BCUT2D eigenvalue weighted by molar-refractivity contribution is 0.0495. The summed E-state index contributed by atoms with van der Waals surface area (Å²) >= 11 is 0. The Hall–Kier alpha value is -1.66. The zero-order chi connectivity index (χ0) is 10.8. The number of rotatable bonds is 2. The van der Waals surface area contributed by atoms with Crippen LogP contribution in [0.4, 0.5) is 5.82 Å². The smallest absolute Gasteiger partial charge is 0.166 e. The number of nitrogens with one attached hydrogen (secondary N) is 1. The van der Waals surface area contributed by atoms with Gasteiger partial charge in [0.1, 0.15) is 5.52 Å². The minimum absolute atomic E-state index is 0.759. The summed E-state index contributed by atoms with van der Waals surface area (Å²) in [5, 5.41) is 6.28. The minimum atomic E-state index is 0.759. The van der Waals surface area contributed by atoms with Crippen molar-refractivity contribution in [3.05, 3.63) is 24.7 Å². The number of ether oxygens (including phenoxy) is 1. The van der Waals surface area contributed by atoms with Crippen LogP contribution in [0.5, 0.6) is 0 Å². The first-order valence-corrected chi connectivity index (χ1v) is 5.31. The van der Waals surface area contributed by atoms with E-state index >= 15 is 0 Å². The van der Waals surface area contributed by atoms with Crippen LogP contribution >= 0.6 is 0 Å². The zero-order valence-electron chi connectivity index (χ0n) is 8.83. The molecule has 0 spiro atoms. The quantitative estimate of drug-likeness (QED) is 0.791. The Kier molecular flexibility index (Phi) is 2.43. The molecule has 16 heavy (non-hydrogen) atoms. The van der Waals surface area contributed by atoms with Gasteiger partial charge < -0.3 is 10.2 Å². The lowest BCUT2D eigenvalue weighted by Crippen LogP contribution is -2.40. The molecule has 1 saturated heterocycles. The Bertz CT molecular complexity index is 477. The van der Waals surface area contributed by atoms with Crippen molar-refractivity contribution in [1.29, 1.82) is 0 Å². The van der Waals surface area contributed by atoms with E-state index in [4.69, 9.17) is 4.74 Å². The van der Waals surface area contributed by atoms with Crippen LogP contribution in [-0.2, 0) is 4.74 Å². The second-order valence-corrected chi connectivity index (χ2v) is 3.65. The van der Waals surface area contributed by atoms with E-state index in [1.165, 1.54) is 0 Å². The van der Waals surface area contributed by atoms with Gasteiger partial charge in [-0.05, 0) is 6.07 Å². The molecule has 1 aliphatic rings. The van der Waals surface area contributed by atoms with Crippen molar-refractivity contribution in [3.8, 4) is 0 Å². The average molecular weight is 219 g/mol. The molecular formula is C10H13N5O. The van der Waals surface area contributed by atoms with Gasteiger partial charge in [-0.1, -0.05) is 0 Å². The highest BCUT2D eigenvalue weighted by molar-refractivity contribution is 5.66. The number of fused-ring (bicyclic) bond motifs is 1. The van der Waals surface area contributed by atoms with Gasteiger partial charge in [-0.25, -0.2) is 14.5 Å². The summed E-state index contributed by atoms with van der Waals surface area (Å²) in [5.74, 6) is 0.835. The molecule has 2 aromatic heterocycles. The van der Waals surface area contributed by atoms with Gasteiger partial charge in [0.05, 0.1) is 19.4 Å². The van der Waals surface area contributed by atoms with E-state index in [1.54, 1.807) is 16.9 Å². The van der Waals surface area contributed by atoms with Crippen molar-refractivity contribution in [2.75, 3.05) is 31.7 Å². The van der Waals surface area contributed by atoms with Crippen LogP contribution in [0.1, 0.15) is 0 Å². The third-order valence-corrected chi connectivity index (χ3v) is 2.60. The fourth-order valence-electron chi connectivity index (χ4n) is 1.77. The predicted octanol–water partition coefficient (Wildman–Crippen LogP) is 0.388. The van der Waals surface area contributed by atoms with E-state index in [-0.39, 0.29) is 0 Å². The molecule has 0 unspecified atom stereocenters. The fourth-order valence-corrected chi connectivity index (χ4v) is 1.77. The summed E-state index contributed by atoms with van der Waals surface area (Å²) in [5.41, 5.74) is 4.27. The summed E-state index contributed by atoms with van der Waals surface area (Å²) in [7, 11) is 0. The van der Waals surface area contributed by atoms with Crippen molar-refractivity contribution >= 4 is 11.3 Å². The summed E-state index contributed by atoms with van der Waals surface area (Å²) in [6.07, 6.45) is 5.34.